The quantitative estimate of drug-likeness (QED) is 0.196. The van der Waals surface area contributed by atoms with Gasteiger partial charge in [-0.05, 0) is 80.3 Å². The molecule has 2 saturated heterocycles. The van der Waals surface area contributed by atoms with Crippen molar-refractivity contribution in [2.75, 3.05) is 28.3 Å². The summed E-state index contributed by atoms with van der Waals surface area (Å²) in [4.78, 5) is 33.6. The second-order valence-corrected chi connectivity index (χ2v) is 17.9. The van der Waals surface area contributed by atoms with Gasteiger partial charge in [0.1, 0.15) is 36.6 Å². The number of methoxy groups -OCH3 is 1. The molecule has 0 aromatic rings. The Morgan fingerprint density at radius 1 is 0.946 bits per heavy atom. The highest BCUT2D eigenvalue weighted by Crippen LogP contribution is 2.43. The topological polar surface area (TPSA) is 195 Å². The SMILES string of the molecule is CC[C@H]1OC(=O)[C@H](C)[C@@H](O[C@@H]2C[C@@H](C)[C@H](OC(C)=O)[C@](C)(OC)C2)[C@H](C)[C@@H](O[C@@H]2O[C@H](C)C[C@H](N(C)C)[C@H]2O)C(C)(O)C[C@@H](C)/C(=N/OC)[C@H](C)[C@@H](O)[C@]1(C)O. The number of rotatable bonds is 9. The number of cyclic esters (lactones) is 1. The van der Waals surface area contributed by atoms with Crippen molar-refractivity contribution in [2.45, 2.75) is 186 Å². The van der Waals surface area contributed by atoms with Crippen LogP contribution >= 0.6 is 0 Å². The van der Waals surface area contributed by atoms with E-state index in [9.17, 15) is 30.0 Å². The van der Waals surface area contributed by atoms with E-state index in [-0.39, 0.29) is 30.9 Å². The van der Waals surface area contributed by atoms with Crippen LogP contribution < -0.4 is 0 Å². The number of ether oxygens (including phenoxy) is 6. The third kappa shape index (κ3) is 10.8. The Kier molecular flexibility index (Phi) is 16.8. The van der Waals surface area contributed by atoms with Gasteiger partial charge in [0.05, 0.1) is 47.8 Å². The van der Waals surface area contributed by atoms with Gasteiger partial charge in [-0.15, -0.1) is 0 Å². The van der Waals surface area contributed by atoms with Gasteiger partial charge >= 0.3 is 11.9 Å². The van der Waals surface area contributed by atoms with E-state index in [0.717, 1.165) is 0 Å². The first-order valence-corrected chi connectivity index (χ1v) is 20.3. The van der Waals surface area contributed by atoms with Gasteiger partial charge in [0.2, 0.25) is 0 Å². The van der Waals surface area contributed by atoms with Gasteiger partial charge in [-0.25, -0.2) is 0 Å². The molecule has 0 aromatic carbocycles. The highest BCUT2D eigenvalue weighted by atomic mass is 16.7. The lowest BCUT2D eigenvalue weighted by atomic mass is 9.73. The van der Waals surface area contributed by atoms with Crippen molar-refractivity contribution in [3.8, 4) is 0 Å². The Morgan fingerprint density at radius 3 is 2.11 bits per heavy atom. The summed E-state index contributed by atoms with van der Waals surface area (Å²) in [5.74, 6) is -4.36. The summed E-state index contributed by atoms with van der Waals surface area (Å²) in [7, 11) is 6.69. The van der Waals surface area contributed by atoms with Crippen molar-refractivity contribution in [1.29, 1.82) is 0 Å². The Morgan fingerprint density at radius 2 is 1.57 bits per heavy atom. The zero-order valence-corrected chi connectivity index (χ0v) is 36.6. The molecule has 56 heavy (non-hydrogen) atoms. The van der Waals surface area contributed by atoms with Crippen molar-refractivity contribution >= 4 is 17.7 Å². The second-order valence-electron chi connectivity index (χ2n) is 17.9. The van der Waals surface area contributed by atoms with Crippen LogP contribution in [-0.4, -0.2) is 149 Å². The molecule has 2 aliphatic heterocycles. The average Bonchev–Trinajstić information content (AvgIpc) is 3.11. The number of likely N-dealkylation sites (N-methyl/N-ethyl adjacent to an activating group) is 1. The summed E-state index contributed by atoms with van der Waals surface area (Å²) in [5.41, 5.74) is -4.15. The lowest BCUT2D eigenvalue weighted by molar-refractivity contribution is -0.301. The lowest BCUT2D eigenvalue weighted by Crippen LogP contribution is -2.61. The van der Waals surface area contributed by atoms with Gasteiger partial charge in [0, 0.05) is 44.2 Å². The van der Waals surface area contributed by atoms with Crippen molar-refractivity contribution in [2.24, 2.45) is 34.7 Å². The molecule has 3 aliphatic rings. The van der Waals surface area contributed by atoms with Crippen molar-refractivity contribution < 1.29 is 63.3 Å². The second kappa shape index (κ2) is 19.4. The van der Waals surface area contributed by atoms with E-state index in [1.165, 1.54) is 21.0 Å². The van der Waals surface area contributed by atoms with E-state index >= 15 is 0 Å². The number of hydrogen-bond donors (Lipinski definition) is 4. The number of oxime groups is 1. The largest absolute Gasteiger partial charge is 0.459 e. The predicted molar refractivity (Wildman–Crippen MR) is 208 cm³/mol. The van der Waals surface area contributed by atoms with E-state index in [4.69, 9.17) is 33.3 Å². The number of nitrogens with zero attached hydrogens (tertiary/aromatic N) is 2. The maximum atomic E-state index is 14.3. The molecule has 2 heterocycles. The summed E-state index contributed by atoms with van der Waals surface area (Å²) >= 11 is 0. The summed E-state index contributed by atoms with van der Waals surface area (Å²) in [6, 6.07) is -0.301. The van der Waals surface area contributed by atoms with Gasteiger partial charge in [-0.3, -0.25) is 9.59 Å². The Bertz CT molecular complexity index is 1330. The van der Waals surface area contributed by atoms with Crippen LogP contribution in [0.4, 0.5) is 0 Å². The highest BCUT2D eigenvalue weighted by Gasteiger charge is 2.53. The van der Waals surface area contributed by atoms with E-state index in [1.807, 2.05) is 53.6 Å². The molecule has 0 spiro atoms. The highest BCUT2D eigenvalue weighted by molar-refractivity contribution is 5.88. The number of carbonyl (C=O) groups is 2. The Hall–Kier alpha value is -1.95. The van der Waals surface area contributed by atoms with Crippen LogP contribution in [0, 0.1) is 29.6 Å². The van der Waals surface area contributed by atoms with Gasteiger partial charge in [0.25, 0.3) is 0 Å². The molecular weight excluding hydrogens is 728 g/mol. The van der Waals surface area contributed by atoms with Crippen LogP contribution in [0.15, 0.2) is 5.16 Å². The van der Waals surface area contributed by atoms with Crippen molar-refractivity contribution in [1.82, 2.24) is 4.90 Å². The maximum Gasteiger partial charge on any atom is 0.311 e. The predicted octanol–water partition coefficient (Wildman–Crippen LogP) is 3.45. The van der Waals surface area contributed by atoms with Crippen LogP contribution in [0.25, 0.3) is 0 Å². The molecule has 15 nitrogen and oxygen atoms in total. The standard InChI is InChI=1S/C41H74N2O13/c1-16-30-41(11,49)34(46)24(5)31(42-51-15)22(3)19-39(9,48)36(56-38-32(45)29(43(12)13)18-23(4)52-38)25(6)33(26(7)37(47)55-30)54-28-17-21(2)35(53-27(8)44)40(10,20-28)50-14/h21-26,28-30,32-36,38,45-46,48-49H,16-20H2,1-15H3/b42-31-/t21-,22-,23-,24+,25+,26-,28-,29+,30-,32-,33+,34-,35+,36-,38+,39?,40-,41-/m1/s1. The minimum atomic E-state index is -1.91. The average molecular weight is 803 g/mol. The summed E-state index contributed by atoms with van der Waals surface area (Å²) in [6.07, 6.45) is -6.65. The van der Waals surface area contributed by atoms with Gasteiger partial charge in [0.15, 0.2) is 6.29 Å². The fourth-order valence-electron chi connectivity index (χ4n) is 9.67. The number of esters is 2. The lowest BCUT2D eigenvalue weighted by Gasteiger charge is -2.49. The smallest absolute Gasteiger partial charge is 0.311 e. The van der Waals surface area contributed by atoms with Gasteiger partial charge in [-0.1, -0.05) is 39.8 Å². The zero-order valence-electron chi connectivity index (χ0n) is 36.6. The molecule has 3 rings (SSSR count). The molecule has 0 radical (unpaired) electrons. The third-order valence-electron chi connectivity index (χ3n) is 12.8. The number of aliphatic hydroxyl groups excluding tert-OH is 2. The molecule has 1 aliphatic carbocycles. The number of carbonyl (C=O) groups excluding carboxylic acids is 2. The third-order valence-corrected chi connectivity index (χ3v) is 12.8. The Balaban J connectivity index is 2.23. The van der Waals surface area contributed by atoms with E-state index in [1.54, 1.807) is 34.8 Å². The monoisotopic (exact) mass is 803 g/mol. The van der Waals surface area contributed by atoms with Crippen molar-refractivity contribution in [3.63, 3.8) is 0 Å². The van der Waals surface area contributed by atoms with Gasteiger partial charge < -0.3 is 58.6 Å². The Labute approximate surface area is 334 Å². The van der Waals surface area contributed by atoms with Crippen LogP contribution in [0.1, 0.15) is 108 Å². The molecular formula is C41H74N2O13. The minimum absolute atomic E-state index is 0.0356. The molecule has 0 bridgehead atoms. The first-order valence-electron chi connectivity index (χ1n) is 20.3. The van der Waals surface area contributed by atoms with E-state index < -0.39 is 101 Å². The number of hydrogen-bond acceptors (Lipinski definition) is 15. The summed E-state index contributed by atoms with van der Waals surface area (Å²) in [5, 5.41) is 52.2. The van der Waals surface area contributed by atoms with Crippen LogP contribution in [0.5, 0.6) is 0 Å². The van der Waals surface area contributed by atoms with E-state index in [0.29, 0.717) is 25.0 Å². The summed E-state index contributed by atoms with van der Waals surface area (Å²) < 4.78 is 37.8. The number of aliphatic hydroxyl groups is 4. The normalized spacial score (nSPS) is 46.9. The first-order chi connectivity index (χ1) is 25.9. The van der Waals surface area contributed by atoms with Crippen molar-refractivity contribution in [3.05, 3.63) is 0 Å². The molecule has 15 heteroatoms. The van der Waals surface area contributed by atoms with Crippen LogP contribution in [0.2, 0.25) is 0 Å². The first kappa shape index (κ1) is 48.4. The van der Waals surface area contributed by atoms with Crippen LogP contribution in [0.3, 0.4) is 0 Å². The van der Waals surface area contributed by atoms with E-state index in [2.05, 4.69) is 5.16 Å². The molecule has 0 amide bonds. The molecule has 1 saturated carbocycles. The molecule has 4 N–H and O–H groups in total. The molecule has 0 aromatic heterocycles. The zero-order chi connectivity index (χ0) is 42.7. The van der Waals surface area contributed by atoms with Crippen LogP contribution in [-0.2, 0) is 42.8 Å². The fourth-order valence-corrected chi connectivity index (χ4v) is 9.67. The minimum Gasteiger partial charge on any atom is -0.459 e. The molecule has 18 atom stereocenters. The molecule has 326 valence electrons. The molecule has 3 fully saturated rings. The fraction of sp³-hybridized carbons (Fsp3) is 0.927. The maximum absolute atomic E-state index is 14.3. The van der Waals surface area contributed by atoms with Gasteiger partial charge in [-0.2, -0.15) is 0 Å². The molecule has 1 unspecified atom stereocenters. The summed E-state index contributed by atoms with van der Waals surface area (Å²) in [6.45, 7) is 19.0.